The number of carbonyl (C=O) groups is 1. The number of rotatable bonds is 6. The van der Waals surface area contributed by atoms with Gasteiger partial charge in [-0.3, -0.25) is 9.69 Å². The summed E-state index contributed by atoms with van der Waals surface area (Å²) in [5.74, 6) is 2.24. The molecule has 2 aromatic carbocycles. The number of piperidine rings is 1. The maximum absolute atomic E-state index is 12.7. The molecule has 0 aromatic heterocycles. The molecular formula is C24H29ClN2O4. The zero-order valence-corrected chi connectivity index (χ0v) is 18.9. The van der Waals surface area contributed by atoms with Gasteiger partial charge in [0.1, 0.15) is 5.75 Å². The Kier molecular flexibility index (Phi) is 6.88. The molecule has 1 fully saturated rings. The lowest BCUT2D eigenvalue weighted by Gasteiger charge is -2.41. The van der Waals surface area contributed by atoms with Crippen LogP contribution in [0.1, 0.15) is 24.0 Å². The normalized spacial score (nSPS) is 18.9. The molecule has 1 saturated heterocycles. The largest absolute Gasteiger partial charge is 0.493 e. The number of nitrogens with zero attached hydrogens (tertiary/aromatic N) is 2. The fraction of sp³-hybridized carbons (Fsp3) is 0.458. The van der Waals surface area contributed by atoms with Crippen LogP contribution in [0, 0.1) is 0 Å². The monoisotopic (exact) mass is 444 g/mol. The van der Waals surface area contributed by atoms with E-state index in [1.54, 1.807) is 38.5 Å². The molecule has 0 spiro atoms. The van der Waals surface area contributed by atoms with Gasteiger partial charge in [0.2, 0.25) is 0 Å². The summed E-state index contributed by atoms with van der Waals surface area (Å²) in [6.07, 6.45) is 3.08. The van der Waals surface area contributed by atoms with Crippen LogP contribution in [0.3, 0.4) is 0 Å². The van der Waals surface area contributed by atoms with Gasteiger partial charge in [0.15, 0.2) is 18.1 Å². The topological polar surface area (TPSA) is 51.2 Å². The first-order valence-electron chi connectivity index (χ1n) is 10.7. The van der Waals surface area contributed by atoms with Crippen molar-refractivity contribution in [2.24, 2.45) is 0 Å². The molecule has 4 rings (SSSR count). The molecule has 2 aromatic rings. The van der Waals surface area contributed by atoms with Crippen LogP contribution < -0.4 is 14.2 Å². The van der Waals surface area contributed by atoms with E-state index in [-0.39, 0.29) is 12.5 Å². The van der Waals surface area contributed by atoms with Crippen molar-refractivity contribution < 1.29 is 19.0 Å². The lowest BCUT2D eigenvalue weighted by atomic mass is 9.95. The fourth-order valence-electron chi connectivity index (χ4n) is 4.46. The Morgan fingerprint density at radius 1 is 1.06 bits per heavy atom. The third-order valence-corrected chi connectivity index (χ3v) is 6.44. The number of fused-ring (bicyclic) bond motifs is 1. The highest BCUT2D eigenvalue weighted by molar-refractivity contribution is 6.30. The number of hydrogen-bond acceptors (Lipinski definition) is 5. The SMILES string of the molecule is COc1cc2c(cc1OC)CN(C1CCCN(C(=O)COc3ccc(Cl)cc3)C1)CC2. The number of carbonyl (C=O) groups excluding carboxylic acids is 1. The average Bonchev–Trinajstić information content (AvgIpc) is 2.82. The average molecular weight is 445 g/mol. The standard InChI is InChI=1S/C24H29ClN2O4/c1-29-22-12-17-9-11-26(14-18(17)13-23(22)30-2)20-4-3-10-27(15-20)24(28)16-31-21-7-5-19(25)6-8-21/h5-8,12-13,20H,3-4,9-11,14-16H2,1-2H3. The van der Waals surface area contributed by atoms with Crippen LogP contribution in [0.25, 0.3) is 0 Å². The van der Waals surface area contributed by atoms with Gasteiger partial charge in [-0.2, -0.15) is 0 Å². The van der Waals surface area contributed by atoms with Crippen LogP contribution in [-0.2, 0) is 17.8 Å². The van der Waals surface area contributed by atoms with Crippen LogP contribution in [-0.4, -0.2) is 62.2 Å². The summed E-state index contributed by atoms with van der Waals surface area (Å²) < 4.78 is 16.6. The second-order valence-electron chi connectivity index (χ2n) is 8.07. The molecule has 31 heavy (non-hydrogen) atoms. The Morgan fingerprint density at radius 3 is 2.48 bits per heavy atom. The molecule has 0 N–H and O–H groups in total. The van der Waals surface area contributed by atoms with Gasteiger partial charge >= 0.3 is 0 Å². The van der Waals surface area contributed by atoms with Gasteiger partial charge in [0.05, 0.1) is 14.2 Å². The molecule has 7 heteroatoms. The number of ether oxygens (including phenoxy) is 3. The number of amides is 1. The highest BCUT2D eigenvalue weighted by Crippen LogP contribution is 2.34. The number of halogens is 1. The molecule has 2 aliphatic rings. The van der Waals surface area contributed by atoms with Crippen molar-refractivity contribution in [1.82, 2.24) is 9.80 Å². The predicted octanol–water partition coefficient (Wildman–Crippen LogP) is 3.79. The van der Waals surface area contributed by atoms with E-state index in [1.165, 1.54) is 11.1 Å². The maximum atomic E-state index is 12.7. The molecule has 1 atom stereocenters. The van der Waals surface area contributed by atoms with E-state index in [2.05, 4.69) is 17.0 Å². The summed E-state index contributed by atoms with van der Waals surface area (Å²) in [6.45, 7) is 3.43. The molecule has 1 unspecified atom stereocenters. The first kappa shape index (κ1) is 21.8. The molecule has 1 amide bonds. The van der Waals surface area contributed by atoms with Gasteiger partial charge in [-0.25, -0.2) is 0 Å². The molecule has 2 heterocycles. The fourth-order valence-corrected chi connectivity index (χ4v) is 4.59. The first-order valence-corrected chi connectivity index (χ1v) is 11.1. The zero-order valence-electron chi connectivity index (χ0n) is 18.1. The molecule has 166 valence electrons. The number of benzene rings is 2. The zero-order chi connectivity index (χ0) is 21.8. The van der Waals surface area contributed by atoms with Gasteiger partial charge in [0, 0.05) is 37.2 Å². The Balaban J connectivity index is 1.36. The third-order valence-electron chi connectivity index (χ3n) is 6.19. The van der Waals surface area contributed by atoms with E-state index in [1.807, 2.05) is 4.90 Å². The molecule has 0 saturated carbocycles. The minimum absolute atomic E-state index is 0.0310. The van der Waals surface area contributed by atoms with E-state index in [0.29, 0.717) is 16.8 Å². The van der Waals surface area contributed by atoms with Crippen molar-refractivity contribution in [2.45, 2.75) is 31.8 Å². The highest BCUT2D eigenvalue weighted by atomic mass is 35.5. The van der Waals surface area contributed by atoms with Gasteiger partial charge in [-0.05, 0) is 66.8 Å². The second-order valence-corrected chi connectivity index (χ2v) is 8.51. The van der Waals surface area contributed by atoms with E-state index in [9.17, 15) is 4.79 Å². The minimum atomic E-state index is 0.0310. The molecular weight excluding hydrogens is 416 g/mol. The third kappa shape index (κ3) is 5.08. The summed E-state index contributed by atoms with van der Waals surface area (Å²) in [7, 11) is 3.34. The van der Waals surface area contributed by atoms with Crippen LogP contribution >= 0.6 is 11.6 Å². The van der Waals surface area contributed by atoms with Crippen molar-refractivity contribution in [2.75, 3.05) is 40.5 Å². The Labute approximate surface area is 188 Å². The second kappa shape index (κ2) is 9.79. The summed E-state index contributed by atoms with van der Waals surface area (Å²) in [4.78, 5) is 17.2. The maximum Gasteiger partial charge on any atom is 0.260 e. The van der Waals surface area contributed by atoms with Crippen molar-refractivity contribution >= 4 is 17.5 Å². The minimum Gasteiger partial charge on any atom is -0.493 e. The predicted molar refractivity (Wildman–Crippen MR) is 120 cm³/mol. The smallest absolute Gasteiger partial charge is 0.260 e. The molecule has 0 bridgehead atoms. The highest BCUT2D eigenvalue weighted by Gasteiger charge is 2.30. The van der Waals surface area contributed by atoms with Crippen molar-refractivity contribution in [3.05, 3.63) is 52.5 Å². The summed E-state index contributed by atoms with van der Waals surface area (Å²) in [5, 5.41) is 0.650. The van der Waals surface area contributed by atoms with Crippen LogP contribution in [0.2, 0.25) is 5.02 Å². The number of methoxy groups -OCH3 is 2. The van der Waals surface area contributed by atoms with Crippen LogP contribution in [0.5, 0.6) is 17.2 Å². The van der Waals surface area contributed by atoms with E-state index in [4.69, 9.17) is 25.8 Å². The number of likely N-dealkylation sites (tertiary alicyclic amines) is 1. The Hall–Kier alpha value is -2.44. The van der Waals surface area contributed by atoms with E-state index >= 15 is 0 Å². The van der Waals surface area contributed by atoms with Gasteiger partial charge in [0.25, 0.3) is 5.91 Å². The van der Waals surface area contributed by atoms with Gasteiger partial charge in [-0.1, -0.05) is 11.6 Å². The quantitative estimate of drug-likeness (QED) is 0.678. The lowest BCUT2D eigenvalue weighted by molar-refractivity contribution is -0.135. The van der Waals surface area contributed by atoms with Crippen LogP contribution in [0.4, 0.5) is 0 Å². The first-order chi connectivity index (χ1) is 15.1. The van der Waals surface area contributed by atoms with Crippen molar-refractivity contribution in [1.29, 1.82) is 0 Å². The lowest BCUT2D eigenvalue weighted by Crippen LogP contribution is -2.51. The summed E-state index contributed by atoms with van der Waals surface area (Å²) in [6, 6.07) is 11.6. The van der Waals surface area contributed by atoms with Crippen molar-refractivity contribution in [3.8, 4) is 17.2 Å². The Morgan fingerprint density at radius 2 is 1.77 bits per heavy atom. The molecule has 2 aliphatic heterocycles. The van der Waals surface area contributed by atoms with Gasteiger partial charge < -0.3 is 19.1 Å². The van der Waals surface area contributed by atoms with E-state index < -0.39 is 0 Å². The van der Waals surface area contributed by atoms with E-state index in [0.717, 1.165) is 56.9 Å². The van der Waals surface area contributed by atoms with Gasteiger partial charge in [-0.15, -0.1) is 0 Å². The van der Waals surface area contributed by atoms with Crippen LogP contribution in [0.15, 0.2) is 36.4 Å². The summed E-state index contributed by atoms with van der Waals surface area (Å²) in [5.41, 5.74) is 2.59. The summed E-state index contributed by atoms with van der Waals surface area (Å²) >= 11 is 5.90. The Bertz CT molecular complexity index is 919. The molecule has 0 aliphatic carbocycles. The molecule has 6 nitrogen and oxygen atoms in total. The number of hydrogen-bond donors (Lipinski definition) is 0. The molecule has 0 radical (unpaired) electrons. The van der Waals surface area contributed by atoms with Crippen molar-refractivity contribution in [3.63, 3.8) is 0 Å².